The van der Waals surface area contributed by atoms with Crippen LogP contribution in [0.1, 0.15) is 6.92 Å². The van der Waals surface area contributed by atoms with E-state index in [1.165, 1.54) is 6.92 Å². The fourth-order valence-electron chi connectivity index (χ4n) is 0.266. The predicted molar refractivity (Wildman–Crippen MR) is 47.3 cm³/mol. The predicted octanol–water partition coefficient (Wildman–Crippen LogP) is -1.25. The van der Waals surface area contributed by atoms with Crippen molar-refractivity contribution in [3.63, 3.8) is 0 Å². The zero-order valence-corrected chi connectivity index (χ0v) is 7.61. The molecule has 0 fully saturated rings. The van der Waals surface area contributed by atoms with Crippen molar-refractivity contribution in [3.8, 4) is 0 Å². The molecule has 0 aromatic heterocycles. The van der Waals surface area contributed by atoms with E-state index in [2.05, 4.69) is 12.3 Å². The molecule has 0 radical (unpaired) electrons. The summed E-state index contributed by atoms with van der Waals surface area (Å²) in [6.07, 6.45) is 0. The first-order chi connectivity index (χ1) is 6.31. The summed E-state index contributed by atoms with van der Waals surface area (Å²) < 4.78 is 0. The van der Waals surface area contributed by atoms with Crippen molar-refractivity contribution in [1.29, 1.82) is 0 Å². The number of carboxylic acids is 2. The van der Waals surface area contributed by atoms with Crippen LogP contribution < -0.4 is 11.1 Å². The molecule has 1 amide bonds. The SMILES string of the molecule is C=C(NC(C)=O)C(=O)O.NCC(=O)O. The van der Waals surface area contributed by atoms with Gasteiger partial charge in [0.05, 0.1) is 6.54 Å². The molecular weight excluding hydrogens is 192 g/mol. The maximum atomic E-state index is 10.1. The summed E-state index contributed by atoms with van der Waals surface area (Å²) in [5.41, 5.74) is 4.27. The zero-order chi connectivity index (χ0) is 11.7. The van der Waals surface area contributed by atoms with Crippen LogP contribution >= 0.6 is 0 Å². The lowest BCUT2D eigenvalue weighted by molar-refractivity contribution is -0.135. The van der Waals surface area contributed by atoms with Crippen molar-refractivity contribution in [2.24, 2.45) is 5.73 Å². The molecule has 0 bridgehead atoms. The summed E-state index contributed by atoms with van der Waals surface area (Å²) in [5, 5.41) is 17.7. The van der Waals surface area contributed by atoms with Crippen LogP contribution in [0.4, 0.5) is 0 Å². The molecule has 0 aliphatic rings. The van der Waals surface area contributed by atoms with Gasteiger partial charge in [0.15, 0.2) is 0 Å². The highest BCUT2D eigenvalue weighted by atomic mass is 16.4. The van der Waals surface area contributed by atoms with Gasteiger partial charge < -0.3 is 21.3 Å². The number of aliphatic carboxylic acids is 2. The second-order valence-corrected chi connectivity index (χ2v) is 2.06. The van der Waals surface area contributed by atoms with E-state index in [-0.39, 0.29) is 12.2 Å². The summed E-state index contributed by atoms with van der Waals surface area (Å²) in [7, 11) is 0. The van der Waals surface area contributed by atoms with Gasteiger partial charge in [-0.2, -0.15) is 0 Å². The molecule has 0 spiro atoms. The van der Waals surface area contributed by atoms with Gasteiger partial charge in [-0.3, -0.25) is 9.59 Å². The summed E-state index contributed by atoms with van der Waals surface area (Å²) in [6.45, 7) is 4.00. The Balaban J connectivity index is 0. The number of hydrogen-bond donors (Lipinski definition) is 4. The maximum absolute atomic E-state index is 10.1. The fourth-order valence-corrected chi connectivity index (χ4v) is 0.266. The van der Waals surface area contributed by atoms with Crippen LogP contribution in [0.25, 0.3) is 0 Å². The number of carbonyl (C=O) groups is 3. The molecular formula is C7H12N2O5. The van der Waals surface area contributed by atoms with E-state index in [1.54, 1.807) is 0 Å². The molecule has 0 saturated heterocycles. The third-order valence-electron chi connectivity index (χ3n) is 0.760. The Labute approximate surface area is 80.2 Å². The van der Waals surface area contributed by atoms with E-state index in [1.807, 2.05) is 5.32 Å². The van der Waals surface area contributed by atoms with Crippen LogP contribution in [0.5, 0.6) is 0 Å². The summed E-state index contributed by atoms with van der Waals surface area (Å²) in [6, 6.07) is 0. The van der Waals surface area contributed by atoms with E-state index in [0.717, 1.165) is 0 Å². The van der Waals surface area contributed by atoms with Gasteiger partial charge in [0.2, 0.25) is 5.91 Å². The number of nitrogens with one attached hydrogen (secondary N) is 1. The number of hydrogen-bond acceptors (Lipinski definition) is 4. The minimum absolute atomic E-state index is 0.278. The van der Waals surface area contributed by atoms with Crippen molar-refractivity contribution in [1.82, 2.24) is 5.32 Å². The highest BCUT2D eigenvalue weighted by molar-refractivity contribution is 5.91. The lowest BCUT2D eigenvalue weighted by Crippen LogP contribution is -2.23. The fraction of sp³-hybridized carbons (Fsp3) is 0.286. The number of amides is 1. The number of rotatable bonds is 3. The van der Waals surface area contributed by atoms with Gasteiger partial charge in [0, 0.05) is 6.92 Å². The zero-order valence-electron chi connectivity index (χ0n) is 7.61. The minimum atomic E-state index is -1.22. The quantitative estimate of drug-likeness (QED) is 0.425. The standard InChI is InChI=1S/C5H7NO3.C2H5NO2/c1-3(5(8)9)6-4(2)7;3-1-2(4)5/h1H2,2H3,(H,6,7)(H,8,9);1,3H2,(H,4,5). The lowest BCUT2D eigenvalue weighted by atomic mass is 10.5. The number of carbonyl (C=O) groups excluding carboxylic acids is 1. The van der Waals surface area contributed by atoms with Crippen molar-refractivity contribution in [3.05, 3.63) is 12.3 Å². The average Bonchev–Trinajstić information content (AvgIpc) is 2.04. The van der Waals surface area contributed by atoms with Crippen LogP contribution in [-0.4, -0.2) is 34.6 Å². The Kier molecular flexibility index (Phi) is 8.09. The van der Waals surface area contributed by atoms with Crippen molar-refractivity contribution >= 4 is 17.8 Å². The smallest absolute Gasteiger partial charge is 0.351 e. The second kappa shape index (κ2) is 7.74. The molecule has 0 saturated carbocycles. The third kappa shape index (κ3) is 12.8. The van der Waals surface area contributed by atoms with Crippen LogP contribution in [0.3, 0.4) is 0 Å². The molecule has 80 valence electrons. The van der Waals surface area contributed by atoms with E-state index in [9.17, 15) is 14.4 Å². The molecule has 0 rings (SSSR count). The summed E-state index contributed by atoms with van der Waals surface area (Å²) in [4.78, 5) is 29.3. The van der Waals surface area contributed by atoms with Crippen LogP contribution in [0.2, 0.25) is 0 Å². The van der Waals surface area contributed by atoms with Crippen LogP contribution in [0, 0.1) is 0 Å². The largest absolute Gasteiger partial charge is 0.480 e. The Morgan fingerprint density at radius 2 is 1.71 bits per heavy atom. The maximum Gasteiger partial charge on any atom is 0.351 e. The van der Waals surface area contributed by atoms with Gasteiger partial charge in [-0.1, -0.05) is 6.58 Å². The highest BCUT2D eigenvalue weighted by Gasteiger charge is 2.02. The molecule has 0 heterocycles. The third-order valence-corrected chi connectivity index (χ3v) is 0.760. The van der Waals surface area contributed by atoms with Gasteiger partial charge in [-0.15, -0.1) is 0 Å². The molecule has 7 nitrogen and oxygen atoms in total. The lowest BCUT2D eigenvalue weighted by Gasteiger charge is -1.96. The molecule has 7 heteroatoms. The van der Waals surface area contributed by atoms with Crippen molar-refractivity contribution < 1.29 is 24.6 Å². The average molecular weight is 204 g/mol. The molecule has 5 N–H and O–H groups in total. The first-order valence-electron chi connectivity index (χ1n) is 3.42. The van der Waals surface area contributed by atoms with E-state index >= 15 is 0 Å². The molecule has 0 aromatic carbocycles. The molecule has 0 aliphatic carbocycles. The van der Waals surface area contributed by atoms with E-state index in [0.29, 0.717) is 0 Å². The van der Waals surface area contributed by atoms with Gasteiger partial charge in [0.1, 0.15) is 5.70 Å². The normalized spacial score (nSPS) is 7.86. The molecule has 0 unspecified atom stereocenters. The molecule has 0 aliphatic heterocycles. The first-order valence-corrected chi connectivity index (χ1v) is 3.42. The highest BCUT2D eigenvalue weighted by Crippen LogP contribution is 1.80. The van der Waals surface area contributed by atoms with Gasteiger partial charge >= 0.3 is 11.9 Å². The van der Waals surface area contributed by atoms with E-state index < -0.39 is 17.8 Å². The molecule has 0 atom stereocenters. The Morgan fingerprint density at radius 3 is 1.79 bits per heavy atom. The van der Waals surface area contributed by atoms with Gasteiger partial charge in [-0.25, -0.2) is 4.79 Å². The number of carboxylic acid groups (broad SMARTS) is 2. The van der Waals surface area contributed by atoms with Crippen LogP contribution in [-0.2, 0) is 14.4 Å². The van der Waals surface area contributed by atoms with Crippen LogP contribution in [0.15, 0.2) is 12.3 Å². The van der Waals surface area contributed by atoms with Gasteiger partial charge in [-0.05, 0) is 0 Å². The van der Waals surface area contributed by atoms with Crippen molar-refractivity contribution in [2.75, 3.05) is 6.54 Å². The minimum Gasteiger partial charge on any atom is -0.480 e. The topological polar surface area (TPSA) is 130 Å². The second-order valence-electron chi connectivity index (χ2n) is 2.06. The molecule has 14 heavy (non-hydrogen) atoms. The first kappa shape index (κ1) is 14.6. The van der Waals surface area contributed by atoms with Gasteiger partial charge in [0.25, 0.3) is 0 Å². The van der Waals surface area contributed by atoms with Crippen molar-refractivity contribution in [2.45, 2.75) is 6.92 Å². The number of nitrogens with two attached hydrogens (primary N) is 1. The Morgan fingerprint density at radius 1 is 1.36 bits per heavy atom. The summed E-state index contributed by atoms with van der Waals surface area (Å²) in [5.74, 6) is -2.61. The molecule has 0 aromatic rings. The van der Waals surface area contributed by atoms with E-state index in [4.69, 9.17) is 10.2 Å². The Bertz CT molecular complexity index is 248. The summed E-state index contributed by atoms with van der Waals surface area (Å²) >= 11 is 0. The Hall–Kier alpha value is -1.89. The monoisotopic (exact) mass is 204 g/mol.